The third-order valence-corrected chi connectivity index (χ3v) is 2.36. The monoisotopic (exact) mass is 239 g/mol. The molecule has 1 heterocycles. The first-order chi connectivity index (χ1) is 8.22. The first-order valence-electron chi connectivity index (χ1n) is 6.51. The molecular formula is C13H25N3O. The molecule has 0 atom stereocenters. The predicted octanol–water partition coefficient (Wildman–Crippen LogP) is 2.06. The summed E-state index contributed by atoms with van der Waals surface area (Å²) in [6.45, 7) is 10.9. The van der Waals surface area contributed by atoms with Crippen LogP contribution in [-0.2, 0) is 17.8 Å². The third kappa shape index (κ3) is 6.44. The van der Waals surface area contributed by atoms with Gasteiger partial charge in [0.15, 0.2) is 0 Å². The highest BCUT2D eigenvalue weighted by Crippen LogP contribution is 1.97. The molecule has 0 aromatic carbocycles. The van der Waals surface area contributed by atoms with Crippen molar-refractivity contribution in [3.63, 3.8) is 0 Å². The largest absolute Gasteiger partial charge is 0.379 e. The van der Waals surface area contributed by atoms with Gasteiger partial charge in [-0.2, -0.15) is 0 Å². The Morgan fingerprint density at radius 1 is 1.47 bits per heavy atom. The summed E-state index contributed by atoms with van der Waals surface area (Å²) in [6, 6.07) is 0. The van der Waals surface area contributed by atoms with Crippen molar-refractivity contribution in [2.75, 3.05) is 19.8 Å². The zero-order valence-electron chi connectivity index (χ0n) is 11.3. The number of hydrogen-bond donors (Lipinski definition) is 1. The molecule has 1 N–H and O–H groups in total. The molecule has 1 aromatic rings. The quantitative estimate of drug-likeness (QED) is 0.670. The van der Waals surface area contributed by atoms with E-state index in [0.29, 0.717) is 5.92 Å². The second-order valence-electron chi connectivity index (χ2n) is 4.75. The maximum Gasteiger partial charge on any atom is 0.0950 e. The lowest BCUT2D eigenvalue weighted by Crippen LogP contribution is -2.14. The van der Waals surface area contributed by atoms with E-state index in [0.717, 1.165) is 45.0 Å². The Kier molecular flexibility index (Phi) is 6.89. The fourth-order valence-electron chi connectivity index (χ4n) is 1.50. The summed E-state index contributed by atoms with van der Waals surface area (Å²) in [4.78, 5) is 4.35. The molecular weight excluding hydrogens is 214 g/mol. The SMILES string of the molecule is CCCNCc1cn(CCOCC(C)C)cn1. The molecule has 0 spiro atoms. The lowest BCUT2D eigenvalue weighted by Gasteiger charge is -2.06. The topological polar surface area (TPSA) is 39.1 Å². The van der Waals surface area contributed by atoms with Crippen molar-refractivity contribution in [2.45, 2.75) is 40.3 Å². The van der Waals surface area contributed by atoms with Gasteiger partial charge in [-0.3, -0.25) is 0 Å². The van der Waals surface area contributed by atoms with Crippen LogP contribution in [0.2, 0.25) is 0 Å². The van der Waals surface area contributed by atoms with E-state index in [-0.39, 0.29) is 0 Å². The normalized spacial score (nSPS) is 11.3. The van der Waals surface area contributed by atoms with Crippen LogP contribution in [0.4, 0.5) is 0 Å². The van der Waals surface area contributed by atoms with E-state index in [1.54, 1.807) is 0 Å². The molecule has 0 radical (unpaired) electrons. The molecule has 0 saturated carbocycles. The summed E-state index contributed by atoms with van der Waals surface area (Å²) in [5.41, 5.74) is 1.10. The van der Waals surface area contributed by atoms with Crippen molar-refractivity contribution >= 4 is 0 Å². The first kappa shape index (κ1) is 14.2. The molecule has 0 fully saturated rings. The molecule has 0 aliphatic carbocycles. The molecule has 4 heteroatoms. The van der Waals surface area contributed by atoms with Crippen molar-refractivity contribution in [3.05, 3.63) is 18.2 Å². The van der Waals surface area contributed by atoms with Gasteiger partial charge >= 0.3 is 0 Å². The van der Waals surface area contributed by atoms with Crippen LogP contribution in [0.5, 0.6) is 0 Å². The Morgan fingerprint density at radius 3 is 3.00 bits per heavy atom. The summed E-state index contributed by atoms with van der Waals surface area (Å²) < 4.78 is 7.63. The molecule has 1 rings (SSSR count). The van der Waals surface area contributed by atoms with Crippen LogP contribution >= 0.6 is 0 Å². The van der Waals surface area contributed by atoms with Crippen molar-refractivity contribution in [2.24, 2.45) is 5.92 Å². The van der Waals surface area contributed by atoms with Gasteiger partial charge in [-0.25, -0.2) is 4.98 Å². The van der Waals surface area contributed by atoms with Crippen molar-refractivity contribution < 1.29 is 4.74 Å². The maximum absolute atomic E-state index is 5.54. The average molecular weight is 239 g/mol. The Balaban J connectivity index is 2.16. The molecule has 0 amide bonds. The number of rotatable bonds is 9. The minimum absolute atomic E-state index is 0.603. The van der Waals surface area contributed by atoms with Gasteiger partial charge in [0.2, 0.25) is 0 Å². The highest BCUT2D eigenvalue weighted by atomic mass is 16.5. The lowest BCUT2D eigenvalue weighted by atomic mass is 10.2. The number of ether oxygens (including phenoxy) is 1. The summed E-state index contributed by atoms with van der Waals surface area (Å²) in [7, 11) is 0. The zero-order valence-corrected chi connectivity index (χ0v) is 11.3. The van der Waals surface area contributed by atoms with E-state index in [4.69, 9.17) is 4.74 Å². The fourth-order valence-corrected chi connectivity index (χ4v) is 1.50. The lowest BCUT2D eigenvalue weighted by molar-refractivity contribution is 0.103. The molecule has 0 unspecified atom stereocenters. The molecule has 17 heavy (non-hydrogen) atoms. The third-order valence-electron chi connectivity index (χ3n) is 2.36. The van der Waals surface area contributed by atoms with Crippen molar-refractivity contribution in [3.8, 4) is 0 Å². The highest BCUT2D eigenvalue weighted by molar-refractivity contribution is 4.95. The van der Waals surface area contributed by atoms with Crippen LogP contribution in [0.3, 0.4) is 0 Å². The van der Waals surface area contributed by atoms with Crippen LogP contribution in [0.1, 0.15) is 32.9 Å². The van der Waals surface area contributed by atoms with Crippen LogP contribution in [0, 0.1) is 5.92 Å². The second kappa shape index (κ2) is 8.25. The number of imidazole rings is 1. The van der Waals surface area contributed by atoms with Crippen LogP contribution in [0.15, 0.2) is 12.5 Å². The van der Waals surface area contributed by atoms with E-state index >= 15 is 0 Å². The molecule has 0 aliphatic rings. The smallest absolute Gasteiger partial charge is 0.0950 e. The Morgan fingerprint density at radius 2 is 2.29 bits per heavy atom. The minimum Gasteiger partial charge on any atom is -0.379 e. The highest BCUT2D eigenvalue weighted by Gasteiger charge is 1.99. The van der Waals surface area contributed by atoms with Crippen LogP contribution in [0.25, 0.3) is 0 Å². The van der Waals surface area contributed by atoms with E-state index in [2.05, 4.69) is 41.8 Å². The van der Waals surface area contributed by atoms with Gasteiger partial charge in [0.25, 0.3) is 0 Å². The second-order valence-corrected chi connectivity index (χ2v) is 4.75. The minimum atomic E-state index is 0.603. The van der Waals surface area contributed by atoms with E-state index in [1.165, 1.54) is 0 Å². The van der Waals surface area contributed by atoms with Gasteiger partial charge in [-0.05, 0) is 18.9 Å². The van der Waals surface area contributed by atoms with Crippen LogP contribution in [-0.4, -0.2) is 29.3 Å². The van der Waals surface area contributed by atoms with E-state index in [1.807, 2.05) is 6.33 Å². The average Bonchev–Trinajstić information content (AvgIpc) is 2.73. The Labute approximate surface area is 104 Å². The summed E-state index contributed by atoms with van der Waals surface area (Å²) >= 11 is 0. The summed E-state index contributed by atoms with van der Waals surface area (Å²) in [5, 5.41) is 3.34. The summed E-state index contributed by atoms with van der Waals surface area (Å²) in [5.74, 6) is 0.603. The predicted molar refractivity (Wildman–Crippen MR) is 69.9 cm³/mol. The first-order valence-corrected chi connectivity index (χ1v) is 6.51. The van der Waals surface area contributed by atoms with E-state index < -0.39 is 0 Å². The van der Waals surface area contributed by atoms with Gasteiger partial charge in [-0.1, -0.05) is 20.8 Å². The molecule has 0 saturated heterocycles. The zero-order chi connectivity index (χ0) is 12.5. The van der Waals surface area contributed by atoms with Crippen LogP contribution < -0.4 is 5.32 Å². The molecule has 1 aromatic heterocycles. The Bertz CT molecular complexity index is 297. The number of nitrogens with zero attached hydrogens (tertiary/aromatic N) is 2. The molecule has 0 aliphatic heterocycles. The molecule has 4 nitrogen and oxygen atoms in total. The van der Waals surface area contributed by atoms with Gasteiger partial charge in [-0.15, -0.1) is 0 Å². The number of nitrogens with one attached hydrogen (secondary N) is 1. The summed E-state index contributed by atoms with van der Waals surface area (Å²) in [6.07, 6.45) is 5.12. The maximum atomic E-state index is 5.54. The number of aromatic nitrogens is 2. The number of hydrogen-bond acceptors (Lipinski definition) is 3. The standard InChI is InChI=1S/C13H25N3O/c1-4-5-14-8-13-9-16(11-15-13)6-7-17-10-12(2)3/h9,11-12,14H,4-8,10H2,1-3H3. The van der Waals surface area contributed by atoms with E-state index in [9.17, 15) is 0 Å². The van der Waals surface area contributed by atoms with Gasteiger partial charge < -0.3 is 14.6 Å². The van der Waals surface area contributed by atoms with Crippen molar-refractivity contribution in [1.29, 1.82) is 0 Å². The van der Waals surface area contributed by atoms with Gasteiger partial charge in [0.1, 0.15) is 0 Å². The van der Waals surface area contributed by atoms with Gasteiger partial charge in [0.05, 0.1) is 18.6 Å². The van der Waals surface area contributed by atoms with Gasteiger partial charge in [0, 0.05) is 25.9 Å². The Hall–Kier alpha value is -0.870. The fraction of sp³-hybridized carbons (Fsp3) is 0.769. The molecule has 0 bridgehead atoms. The van der Waals surface area contributed by atoms with Crippen molar-refractivity contribution in [1.82, 2.24) is 14.9 Å². The molecule has 98 valence electrons.